The van der Waals surface area contributed by atoms with Gasteiger partial charge in [0.15, 0.2) is 0 Å². The van der Waals surface area contributed by atoms with Crippen LogP contribution in [0.3, 0.4) is 0 Å². The molecule has 0 atom stereocenters. The summed E-state index contributed by atoms with van der Waals surface area (Å²) in [5, 5.41) is 14.1. The third kappa shape index (κ3) is 3.38. The second kappa shape index (κ2) is 5.53. The summed E-state index contributed by atoms with van der Waals surface area (Å²) in [4.78, 5) is 10.2. The van der Waals surface area contributed by atoms with Gasteiger partial charge in [-0.3, -0.25) is 10.1 Å². The van der Waals surface area contributed by atoms with E-state index in [1.807, 2.05) is 0 Å². The van der Waals surface area contributed by atoms with Gasteiger partial charge in [0.25, 0.3) is 5.69 Å². The molecule has 82 valence electrons. The fourth-order valence-electron chi connectivity index (χ4n) is 1.13. The van der Waals surface area contributed by atoms with Crippen molar-refractivity contribution in [2.75, 3.05) is 18.4 Å². The lowest BCUT2D eigenvalue weighted by Gasteiger charge is -2.06. The molecule has 6 heteroatoms. The van der Waals surface area contributed by atoms with Gasteiger partial charge in [0, 0.05) is 17.6 Å². The Hall–Kier alpha value is -1.33. The number of hydrogen-bond donors (Lipinski definition) is 2. The molecular formula is C9H12ClN3O2. The van der Waals surface area contributed by atoms with Crippen LogP contribution >= 0.6 is 11.6 Å². The maximum Gasteiger partial charge on any atom is 0.292 e. The molecule has 0 saturated heterocycles. The number of nitrogens with two attached hydrogens (primary N) is 1. The Morgan fingerprint density at radius 2 is 2.27 bits per heavy atom. The minimum atomic E-state index is -0.443. The van der Waals surface area contributed by atoms with Crippen LogP contribution in [0.1, 0.15) is 6.42 Å². The molecule has 0 spiro atoms. The highest BCUT2D eigenvalue weighted by Gasteiger charge is 2.12. The van der Waals surface area contributed by atoms with Crippen molar-refractivity contribution in [1.82, 2.24) is 0 Å². The zero-order valence-corrected chi connectivity index (χ0v) is 8.83. The standard InChI is InChI=1S/C9H12ClN3O2/c10-7-2-3-9(13(14)15)8(6-7)12-5-1-4-11/h2-3,6,12H,1,4-5,11H2. The molecule has 0 aliphatic rings. The Morgan fingerprint density at radius 3 is 2.87 bits per heavy atom. The molecule has 3 N–H and O–H groups in total. The highest BCUT2D eigenvalue weighted by molar-refractivity contribution is 6.31. The predicted molar refractivity (Wildman–Crippen MR) is 60.3 cm³/mol. The summed E-state index contributed by atoms with van der Waals surface area (Å²) in [5.74, 6) is 0. The third-order valence-electron chi connectivity index (χ3n) is 1.85. The van der Waals surface area contributed by atoms with E-state index in [1.54, 1.807) is 0 Å². The van der Waals surface area contributed by atoms with Crippen LogP contribution in [0.25, 0.3) is 0 Å². The van der Waals surface area contributed by atoms with E-state index in [-0.39, 0.29) is 5.69 Å². The van der Waals surface area contributed by atoms with Crippen molar-refractivity contribution in [2.24, 2.45) is 5.73 Å². The van der Waals surface area contributed by atoms with E-state index in [4.69, 9.17) is 17.3 Å². The molecule has 0 aliphatic carbocycles. The molecule has 1 rings (SSSR count). The minimum absolute atomic E-state index is 0.0245. The van der Waals surface area contributed by atoms with Gasteiger partial charge in [0.2, 0.25) is 0 Å². The number of nitro groups is 1. The Labute approximate surface area is 92.4 Å². The molecule has 5 nitrogen and oxygen atoms in total. The normalized spacial score (nSPS) is 10.0. The topological polar surface area (TPSA) is 81.2 Å². The van der Waals surface area contributed by atoms with Gasteiger partial charge in [0.1, 0.15) is 5.69 Å². The van der Waals surface area contributed by atoms with E-state index in [0.29, 0.717) is 23.8 Å². The van der Waals surface area contributed by atoms with Crippen LogP contribution < -0.4 is 11.1 Å². The van der Waals surface area contributed by atoms with E-state index in [9.17, 15) is 10.1 Å². The lowest BCUT2D eigenvalue weighted by Crippen LogP contribution is -2.09. The van der Waals surface area contributed by atoms with Gasteiger partial charge in [-0.2, -0.15) is 0 Å². The van der Waals surface area contributed by atoms with Crippen molar-refractivity contribution < 1.29 is 4.92 Å². The molecule has 1 aromatic rings. The summed E-state index contributed by atoms with van der Waals surface area (Å²) in [6.07, 6.45) is 0.754. The molecule has 0 amide bonds. The maximum absolute atomic E-state index is 10.7. The Kier molecular flexibility index (Phi) is 4.33. The number of nitrogens with one attached hydrogen (secondary N) is 1. The first-order valence-corrected chi connectivity index (χ1v) is 4.91. The summed E-state index contributed by atoms with van der Waals surface area (Å²) in [5.41, 5.74) is 5.78. The smallest absolute Gasteiger partial charge is 0.292 e. The first-order chi connectivity index (χ1) is 7.15. The molecular weight excluding hydrogens is 218 g/mol. The fourth-order valence-corrected chi connectivity index (χ4v) is 1.31. The second-order valence-electron chi connectivity index (χ2n) is 2.99. The molecule has 0 aliphatic heterocycles. The third-order valence-corrected chi connectivity index (χ3v) is 2.09. The SMILES string of the molecule is NCCCNc1cc(Cl)ccc1[N+](=O)[O-]. The van der Waals surface area contributed by atoms with Gasteiger partial charge >= 0.3 is 0 Å². The van der Waals surface area contributed by atoms with Crippen LogP contribution in [0, 0.1) is 10.1 Å². The first-order valence-electron chi connectivity index (χ1n) is 4.53. The fraction of sp³-hybridized carbons (Fsp3) is 0.333. The van der Waals surface area contributed by atoms with Gasteiger partial charge < -0.3 is 11.1 Å². The maximum atomic E-state index is 10.7. The largest absolute Gasteiger partial charge is 0.379 e. The Morgan fingerprint density at radius 1 is 1.53 bits per heavy atom. The van der Waals surface area contributed by atoms with E-state index in [0.717, 1.165) is 6.42 Å². The number of benzene rings is 1. The summed E-state index contributed by atoms with van der Waals surface area (Å²) in [6.45, 7) is 1.14. The van der Waals surface area contributed by atoms with E-state index >= 15 is 0 Å². The van der Waals surface area contributed by atoms with Crippen molar-refractivity contribution in [2.45, 2.75) is 6.42 Å². The van der Waals surface area contributed by atoms with Crippen LogP contribution in [0.4, 0.5) is 11.4 Å². The zero-order chi connectivity index (χ0) is 11.3. The Balaban J connectivity index is 2.82. The van der Waals surface area contributed by atoms with E-state index in [1.165, 1.54) is 18.2 Å². The predicted octanol–water partition coefficient (Wildman–Crippen LogP) is 2.01. The lowest BCUT2D eigenvalue weighted by atomic mass is 10.2. The second-order valence-corrected chi connectivity index (χ2v) is 3.42. The molecule has 0 radical (unpaired) electrons. The molecule has 0 fully saturated rings. The average Bonchev–Trinajstić information content (AvgIpc) is 2.18. The molecule has 0 heterocycles. The number of nitro benzene ring substituents is 1. The van der Waals surface area contributed by atoms with Crippen LogP contribution in [0.2, 0.25) is 5.02 Å². The minimum Gasteiger partial charge on any atom is -0.379 e. The van der Waals surface area contributed by atoms with Crippen molar-refractivity contribution in [3.05, 3.63) is 33.3 Å². The van der Waals surface area contributed by atoms with Crippen molar-refractivity contribution in [1.29, 1.82) is 0 Å². The molecule has 0 bridgehead atoms. The van der Waals surface area contributed by atoms with Gasteiger partial charge in [-0.1, -0.05) is 11.6 Å². The van der Waals surface area contributed by atoms with Gasteiger partial charge in [-0.05, 0) is 25.1 Å². The van der Waals surface area contributed by atoms with Crippen LogP contribution in [0.15, 0.2) is 18.2 Å². The Bertz CT molecular complexity index is 357. The van der Waals surface area contributed by atoms with E-state index < -0.39 is 4.92 Å². The first kappa shape index (κ1) is 11.7. The quantitative estimate of drug-likeness (QED) is 0.460. The van der Waals surface area contributed by atoms with Crippen molar-refractivity contribution in [3.63, 3.8) is 0 Å². The zero-order valence-electron chi connectivity index (χ0n) is 8.07. The number of halogens is 1. The summed E-state index contributed by atoms with van der Waals surface area (Å²) in [7, 11) is 0. The van der Waals surface area contributed by atoms with Gasteiger partial charge in [-0.15, -0.1) is 0 Å². The molecule has 0 saturated carbocycles. The van der Waals surface area contributed by atoms with Crippen LogP contribution in [-0.4, -0.2) is 18.0 Å². The highest BCUT2D eigenvalue weighted by Crippen LogP contribution is 2.27. The van der Waals surface area contributed by atoms with Crippen LogP contribution in [0.5, 0.6) is 0 Å². The molecule has 0 unspecified atom stereocenters. The number of hydrogen-bond acceptors (Lipinski definition) is 4. The van der Waals surface area contributed by atoms with Gasteiger partial charge in [0.05, 0.1) is 4.92 Å². The number of anilines is 1. The van der Waals surface area contributed by atoms with Crippen molar-refractivity contribution >= 4 is 23.0 Å². The lowest BCUT2D eigenvalue weighted by molar-refractivity contribution is -0.384. The van der Waals surface area contributed by atoms with Crippen molar-refractivity contribution in [3.8, 4) is 0 Å². The van der Waals surface area contributed by atoms with Crippen LogP contribution in [-0.2, 0) is 0 Å². The number of rotatable bonds is 5. The summed E-state index contributed by atoms with van der Waals surface area (Å²) in [6, 6.07) is 4.41. The molecule has 1 aromatic carbocycles. The average molecular weight is 230 g/mol. The monoisotopic (exact) mass is 229 g/mol. The summed E-state index contributed by atoms with van der Waals surface area (Å²) >= 11 is 5.75. The molecule has 0 aromatic heterocycles. The highest BCUT2D eigenvalue weighted by atomic mass is 35.5. The number of nitrogens with zero attached hydrogens (tertiary/aromatic N) is 1. The molecule has 15 heavy (non-hydrogen) atoms. The van der Waals surface area contributed by atoms with E-state index in [2.05, 4.69) is 5.32 Å². The summed E-state index contributed by atoms with van der Waals surface area (Å²) < 4.78 is 0. The van der Waals surface area contributed by atoms with Gasteiger partial charge in [-0.25, -0.2) is 0 Å².